The Bertz CT molecular complexity index is 1050. The van der Waals surface area contributed by atoms with Gasteiger partial charge in [-0.3, -0.25) is 9.78 Å². The molecule has 0 radical (unpaired) electrons. The van der Waals surface area contributed by atoms with Crippen LogP contribution in [0.2, 0.25) is 0 Å². The summed E-state index contributed by atoms with van der Waals surface area (Å²) in [5.41, 5.74) is 4.24. The van der Waals surface area contributed by atoms with E-state index in [-0.39, 0.29) is 24.3 Å². The van der Waals surface area contributed by atoms with Gasteiger partial charge in [0.05, 0.1) is 17.8 Å². The zero-order chi connectivity index (χ0) is 17.0. The Morgan fingerprint density at radius 1 is 1.40 bits per heavy atom. The van der Waals surface area contributed by atoms with E-state index in [1.54, 1.807) is 0 Å². The van der Waals surface area contributed by atoms with E-state index in [1.165, 1.54) is 16.5 Å². The fourth-order valence-electron chi connectivity index (χ4n) is 4.67. The number of rotatable bonds is 1. The Morgan fingerprint density at radius 3 is 3.20 bits per heavy atom. The summed E-state index contributed by atoms with van der Waals surface area (Å²) in [4.78, 5) is 26.7. The summed E-state index contributed by atoms with van der Waals surface area (Å²) in [6.07, 6.45) is 8.44. The fourth-order valence-corrected chi connectivity index (χ4v) is 4.67. The zero-order valence-electron chi connectivity index (χ0n) is 13.7. The molecule has 1 aliphatic carbocycles. The minimum absolute atomic E-state index is 0.0496. The van der Waals surface area contributed by atoms with E-state index in [2.05, 4.69) is 21.0 Å². The molecular formula is C19H17N5O. The Balaban J connectivity index is 1.75. The van der Waals surface area contributed by atoms with Gasteiger partial charge in [0.2, 0.25) is 5.91 Å². The van der Waals surface area contributed by atoms with E-state index in [9.17, 15) is 4.79 Å². The first-order valence-electron chi connectivity index (χ1n) is 8.68. The molecule has 2 atom stereocenters. The van der Waals surface area contributed by atoms with Crippen LogP contribution in [0.25, 0.3) is 21.9 Å². The maximum absolute atomic E-state index is 12.5. The lowest BCUT2D eigenvalue weighted by Crippen LogP contribution is -2.48. The summed E-state index contributed by atoms with van der Waals surface area (Å²) >= 11 is 0. The van der Waals surface area contributed by atoms with E-state index in [4.69, 9.17) is 5.26 Å². The van der Waals surface area contributed by atoms with Gasteiger partial charge in [-0.2, -0.15) is 5.26 Å². The molecule has 0 saturated carbocycles. The molecule has 1 unspecified atom stereocenters. The van der Waals surface area contributed by atoms with Crippen molar-refractivity contribution < 1.29 is 4.79 Å². The topological polar surface area (TPSA) is 85.7 Å². The van der Waals surface area contributed by atoms with Crippen molar-refractivity contribution in [2.45, 2.75) is 37.6 Å². The first-order valence-corrected chi connectivity index (χ1v) is 8.68. The summed E-state index contributed by atoms with van der Waals surface area (Å²) in [7, 11) is 0. The normalized spacial score (nSPS) is 22.0. The summed E-state index contributed by atoms with van der Waals surface area (Å²) in [6.45, 7) is 0.734. The molecule has 124 valence electrons. The van der Waals surface area contributed by atoms with Gasteiger partial charge in [0.15, 0.2) is 0 Å². The zero-order valence-corrected chi connectivity index (χ0v) is 13.7. The number of carbonyl (C=O) groups excluding carboxylic acids is 1. The SMILES string of the molecule is N#CCC(=O)N1CCCC2c3ccnc4cnc5[nH]cc(c5c34)C[C@H]21. The van der Waals surface area contributed by atoms with Crippen LogP contribution in [0.5, 0.6) is 0 Å². The molecule has 0 bridgehead atoms. The van der Waals surface area contributed by atoms with Crippen LogP contribution in [-0.4, -0.2) is 38.3 Å². The van der Waals surface area contributed by atoms with E-state index in [1.807, 2.05) is 29.6 Å². The largest absolute Gasteiger partial charge is 0.346 e. The fraction of sp³-hybridized carbons (Fsp3) is 0.368. The molecule has 6 heteroatoms. The third-order valence-corrected chi connectivity index (χ3v) is 5.68. The minimum Gasteiger partial charge on any atom is -0.346 e. The van der Waals surface area contributed by atoms with Crippen LogP contribution >= 0.6 is 0 Å². The number of likely N-dealkylation sites (tertiary alicyclic amines) is 1. The van der Waals surface area contributed by atoms with Crippen LogP contribution in [0.15, 0.2) is 24.7 Å². The van der Waals surface area contributed by atoms with Crippen LogP contribution in [0, 0.1) is 11.3 Å². The first kappa shape index (κ1) is 14.4. The Hall–Kier alpha value is -2.94. The van der Waals surface area contributed by atoms with Crippen LogP contribution in [-0.2, 0) is 11.2 Å². The van der Waals surface area contributed by atoms with Gasteiger partial charge in [-0.1, -0.05) is 0 Å². The number of aromatic amines is 1. The van der Waals surface area contributed by atoms with Crippen molar-refractivity contribution >= 4 is 27.8 Å². The van der Waals surface area contributed by atoms with Crippen molar-refractivity contribution in [3.8, 4) is 6.07 Å². The van der Waals surface area contributed by atoms with E-state index in [0.717, 1.165) is 42.4 Å². The number of pyridine rings is 2. The summed E-state index contributed by atoms with van der Waals surface area (Å²) < 4.78 is 0. The number of carbonyl (C=O) groups is 1. The Labute approximate surface area is 144 Å². The van der Waals surface area contributed by atoms with Crippen molar-refractivity contribution in [3.63, 3.8) is 0 Å². The predicted octanol–water partition coefficient (Wildman–Crippen LogP) is 2.66. The van der Waals surface area contributed by atoms with Crippen LogP contribution in [0.1, 0.15) is 36.3 Å². The maximum Gasteiger partial charge on any atom is 0.237 e. The Morgan fingerprint density at radius 2 is 2.32 bits per heavy atom. The molecule has 0 aromatic carbocycles. The van der Waals surface area contributed by atoms with Crippen molar-refractivity contribution in [3.05, 3.63) is 35.8 Å². The lowest BCUT2D eigenvalue weighted by molar-refractivity contribution is -0.134. The average molecular weight is 331 g/mol. The van der Waals surface area contributed by atoms with Gasteiger partial charge < -0.3 is 9.88 Å². The van der Waals surface area contributed by atoms with Crippen molar-refractivity contribution in [2.75, 3.05) is 6.54 Å². The number of H-pyrrole nitrogens is 1. The number of nitriles is 1. The molecular weight excluding hydrogens is 314 g/mol. The van der Waals surface area contributed by atoms with Gasteiger partial charge in [0.25, 0.3) is 0 Å². The number of hydrogen-bond acceptors (Lipinski definition) is 4. The molecule has 25 heavy (non-hydrogen) atoms. The second-order valence-electron chi connectivity index (χ2n) is 6.90. The van der Waals surface area contributed by atoms with Crippen LogP contribution in [0.3, 0.4) is 0 Å². The predicted molar refractivity (Wildman–Crippen MR) is 92.8 cm³/mol. The molecule has 3 aromatic rings. The number of hydrogen-bond donors (Lipinski definition) is 1. The quantitative estimate of drug-likeness (QED) is 0.743. The van der Waals surface area contributed by atoms with E-state index in [0.29, 0.717) is 0 Å². The molecule has 1 saturated heterocycles. The maximum atomic E-state index is 12.5. The number of nitrogens with zero attached hydrogens (tertiary/aromatic N) is 4. The molecule has 2 aliphatic rings. The monoisotopic (exact) mass is 331 g/mol. The molecule has 1 aliphatic heterocycles. The lowest BCUT2D eigenvalue weighted by Gasteiger charge is -2.41. The summed E-state index contributed by atoms with van der Waals surface area (Å²) in [6, 6.07) is 4.20. The molecule has 0 spiro atoms. The van der Waals surface area contributed by atoms with Crippen LogP contribution < -0.4 is 0 Å². The van der Waals surface area contributed by atoms with Crippen LogP contribution in [0.4, 0.5) is 0 Å². The van der Waals surface area contributed by atoms with Gasteiger partial charge in [-0.05, 0) is 36.5 Å². The summed E-state index contributed by atoms with van der Waals surface area (Å²) in [5, 5.41) is 11.3. The highest BCUT2D eigenvalue weighted by molar-refractivity contribution is 6.07. The number of piperidine rings is 1. The van der Waals surface area contributed by atoms with Crippen molar-refractivity contribution in [1.29, 1.82) is 5.26 Å². The molecule has 4 heterocycles. The van der Waals surface area contributed by atoms with Gasteiger partial charge in [-0.25, -0.2) is 4.98 Å². The van der Waals surface area contributed by atoms with E-state index < -0.39 is 0 Å². The third-order valence-electron chi connectivity index (χ3n) is 5.68. The second kappa shape index (κ2) is 5.28. The molecule has 1 amide bonds. The minimum atomic E-state index is -0.0571. The number of fused-ring (bicyclic) bond motifs is 2. The third kappa shape index (κ3) is 1.99. The van der Waals surface area contributed by atoms with Gasteiger partial charge in [-0.15, -0.1) is 0 Å². The smallest absolute Gasteiger partial charge is 0.237 e. The molecule has 1 N–H and O–H groups in total. The van der Waals surface area contributed by atoms with E-state index >= 15 is 0 Å². The second-order valence-corrected chi connectivity index (χ2v) is 6.90. The number of nitrogens with one attached hydrogen (secondary N) is 1. The molecule has 3 aromatic heterocycles. The average Bonchev–Trinajstić information content (AvgIpc) is 2.98. The molecule has 5 rings (SSSR count). The number of aromatic nitrogens is 3. The Kier molecular flexibility index (Phi) is 3.04. The molecule has 1 fully saturated rings. The van der Waals surface area contributed by atoms with Gasteiger partial charge in [0.1, 0.15) is 12.1 Å². The number of amides is 1. The summed E-state index contributed by atoms with van der Waals surface area (Å²) in [5.74, 6) is 0.221. The first-order chi connectivity index (χ1) is 12.3. The highest BCUT2D eigenvalue weighted by atomic mass is 16.2. The molecule has 6 nitrogen and oxygen atoms in total. The van der Waals surface area contributed by atoms with Crippen molar-refractivity contribution in [2.24, 2.45) is 0 Å². The van der Waals surface area contributed by atoms with Crippen molar-refractivity contribution in [1.82, 2.24) is 19.9 Å². The highest BCUT2D eigenvalue weighted by Crippen LogP contribution is 2.43. The van der Waals surface area contributed by atoms with Gasteiger partial charge >= 0.3 is 0 Å². The standard InChI is InChI=1S/C19H17N5O/c20-5-3-16(25)24-7-1-2-12-13-4-6-21-14-10-23-19-17(18(13)14)11(9-22-19)8-15(12)24/h4,6,9-10,12,15H,1-3,7-8H2,(H,22,23)/t12?,15-/m1/s1. The van der Waals surface area contributed by atoms with Gasteiger partial charge in [0, 0.05) is 41.7 Å². The highest BCUT2D eigenvalue weighted by Gasteiger charge is 2.38. The lowest BCUT2D eigenvalue weighted by atomic mass is 9.81.